The highest BCUT2D eigenvalue weighted by atomic mass is 32.2. The van der Waals surface area contributed by atoms with Crippen molar-refractivity contribution in [3.05, 3.63) is 113 Å². The van der Waals surface area contributed by atoms with Crippen LogP contribution < -0.4 is 5.32 Å². The average molecular weight is 599 g/mol. The molecule has 0 aliphatic rings. The Morgan fingerprint density at radius 2 is 1.58 bits per heavy atom. The van der Waals surface area contributed by atoms with E-state index in [2.05, 4.69) is 27.9 Å². The molecule has 0 aliphatic carbocycles. The Kier molecular flexibility index (Phi) is 9.98. The van der Waals surface area contributed by atoms with Crippen molar-refractivity contribution in [2.45, 2.75) is 52.4 Å². The molecule has 0 saturated carbocycles. The topological polar surface area (TPSA) is 114 Å². The Hall–Kier alpha value is -4.50. The van der Waals surface area contributed by atoms with Crippen molar-refractivity contribution < 1.29 is 18.3 Å². The Morgan fingerprint density at radius 3 is 2.19 bits per heavy atom. The lowest BCUT2D eigenvalue weighted by atomic mass is 10.1. The van der Waals surface area contributed by atoms with E-state index < -0.39 is 21.5 Å². The summed E-state index contributed by atoms with van der Waals surface area (Å²) in [5.41, 5.74) is 7.96. The molecule has 0 fully saturated rings. The van der Waals surface area contributed by atoms with Crippen LogP contribution in [0.1, 0.15) is 40.8 Å². The van der Waals surface area contributed by atoms with E-state index >= 15 is 0 Å². The molecular weight excluding hydrogens is 560 g/mol. The van der Waals surface area contributed by atoms with Gasteiger partial charge in [0.1, 0.15) is 22.8 Å². The van der Waals surface area contributed by atoms with E-state index in [0.717, 1.165) is 57.0 Å². The third-order valence-corrected chi connectivity index (χ3v) is 8.60. The number of fused-ring (bicyclic) bond motifs is 1. The summed E-state index contributed by atoms with van der Waals surface area (Å²) in [6, 6.07) is 23.9. The lowest BCUT2D eigenvalue weighted by molar-refractivity contribution is -0.118. The number of benzene rings is 3. The Balaban J connectivity index is 0.000000458. The number of pyridine rings is 1. The maximum Gasteiger partial charge on any atom is 0.235 e. The van der Waals surface area contributed by atoms with Crippen LogP contribution in [0.25, 0.3) is 16.7 Å². The Labute approximate surface area is 253 Å². The largest absolute Gasteiger partial charge is 0.508 e. The van der Waals surface area contributed by atoms with Crippen LogP contribution in [0.5, 0.6) is 5.75 Å². The molecule has 0 saturated heterocycles. The SMILES string of the molecule is CCc1nc2c(C)nc(C)cc2n1-c1ccc(CCNC(=O)CS(=O)(=O)c2ccc(C)cc2)cc1.Cc1cccc(O)c1. The van der Waals surface area contributed by atoms with Gasteiger partial charge in [-0.25, -0.2) is 13.4 Å². The number of sulfone groups is 1. The normalized spacial score (nSPS) is 11.2. The zero-order valence-corrected chi connectivity index (χ0v) is 26.1. The fourth-order valence-corrected chi connectivity index (χ4v) is 5.96. The highest BCUT2D eigenvalue weighted by Gasteiger charge is 2.19. The summed E-state index contributed by atoms with van der Waals surface area (Å²) >= 11 is 0. The first-order valence-electron chi connectivity index (χ1n) is 14.2. The number of hydrogen-bond donors (Lipinski definition) is 2. The molecule has 2 heterocycles. The van der Waals surface area contributed by atoms with Crippen molar-refractivity contribution in [3.63, 3.8) is 0 Å². The lowest BCUT2D eigenvalue weighted by Gasteiger charge is -2.11. The van der Waals surface area contributed by atoms with Crippen LogP contribution in [0.15, 0.2) is 83.8 Å². The summed E-state index contributed by atoms with van der Waals surface area (Å²) in [6.45, 7) is 10.2. The van der Waals surface area contributed by atoms with E-state index in [0.29, 0.717) is 18.7 Å². The molecule has 43 heavy (non-hydrogen) atoms. The molecule has 5 rings (SSSR count). The molecule has 224 valence electrons. The molecule has 3 aromatic carbocycles. The standard InChI is InChI=1S/C27H30N4O3S.C7H8O/c1-5-25-30-27-20(4)29-19(3)16-24(27)31(25)22-10-8-21(9-11-22)14-15-28-26(32)17-35(33,34)23-12-6-18(2)7-13-23;1-6-3-2-4-7(8)5-6/h6-13,16H,5,14-15,17H2,1-4H3,(H,28,32);2-5,8H,1H3. The van der Waals surface area contributed by atoms with Gasteiger partial charge in [0.15, 0.2) is 9.84 Å². The molecule has 2 aromatic heterocycles. The minimum Gasteiger partial charge on any atom is -0.508 e. The summed E-state index contributed by atoms with van der Waals surface area (Å²) in [4.78, 5) is 21.7. The monoisotopic (exact) mass is 598 g/mol. The summed E-state index contributed by atoms with van der Waals surface area (Å²) in [6.07, 6.45) is 1.40. The van der Waals surface area contributed by atoms with E-state index in [4.69, 9.17) is 10.1 Å². The molecule has 0 radical (unpaired) electrons. The van der Waals surface area contributed by atoms with Crippen molar-refractivity contribution in [2.75, 3.05) is 12.3 Å². The first kappa shape index (κ1) is 31.4. The zero-order valence-electron chi connectivity index (χ0n) is 25.3. The van der Waals surface area contributed by atoms with Gasteiger partial charge in [-0.15, -0.1) is 0 Å². The van der Waals surface area contributed by atoms with Crippen molar-refractivity contribution in [1.82, 2.24) is 19.9 Å². The fraction of sp³-hybridized carbons (Fsp3) is 0.265. The molecule has 8 nitrogen and oxygen atoms in total. The summed E-state index contributed by atoms with van der Waals surface area (Å²) in [5.74, 6) is 0.255. The van der Waals surface area contributed by atoms with Gasteiger partial charge in [-0.05, 0) is 87.7 Å². The van der Waals surface area contributed by atoms with Crippen LogP contribution >= 0.6 is 0 Å². The zero-order chi connectivity index (χ0) is 31.1. The number of aromatic hydroxyl groups is 1. The predicted molar refractivity (Wildman–Crippen MR) is 171 cm³/mol. The first-order valence-corrected chi connectivity index (χ1v) is 15.9. The Morgan fingerprint density at radius 1 is 0.884 bits per heavy atom. The first-order chi connectivity index (χ1) is 20.5. The van der Waals surface area contributed by atoms with Crippen LogP contribution in [-0.4, -0.2) is 46.3 Å². The summed E-state index contributed by atoms with van der Waals surface area (Å²) < 4.78 is 27.1. The molecule has 0 atom stereocenters. The van der Waals surface area contributed by atoms with E-state index in [1.807, 2.05) is 64.1 Å². The highest BCUT2D eigenvalue weighted by Crippen LogP contribution is 2.25. The average Bonchev–Trinajstić information content (AvgIpc) is 3.32. The third-order valence-electron chi connectivity index (χ3n) is 6.96. The molecule has 0 spiro atoms. The smallest absolute Gasteiger partial charge is 0.235 e. The van der Waals surface area contributed by atoms with Gasteiger partial charge in [0.05, 0.1) is 16.1 Å². The number of imidazole rings is 1. The minimum atomic E-state index is -3.66. The van der Waals surface area contributed by atoms with Crippen molar-refractivity contribution in [3.8, 4) is 11.4 Å². The second-order valence-corrected chi connectivity index (χ2v) is 12.6. The van der Waals surface area contributed by atoms with Crippen molar-refractivity contribution in [1.29, 1.82) is 0 Å². The van der Waals surface area contributed by atoms with E-state index in [9.17, 15) is 13.2 Å². The number of amides is 1. The van der Waals surface area contributed by atoms with Gasteiger partial charge in [0.25, 0.3) is 0 Å². The molecular formula is C34H38N4O4S. The molecule has 2 N–H and O–H groups in total. The lowest BCUT2D eigenvalue weighted by Crippen LogP contribution is -2.31. The molecule has 0 aliphatic heterocycles. The van der Waals surface area contributed by atoms with Gasteiger partial charge < -0.3 is 10.4 Å². The maximum absolute atomic E-state index is 12.5. The van der Waals surface area contributed by atoms with E-state index in [-0.39, 0.29) is 4.90 Å². The third kappa shape index (κ3) is 8.08. The number of rotatable bonds is 8. The molecule has 0 unspecified atom stereocenters. The van der Waals surface area contributed by atoms with Crippen LogP contribution in [0.3, 0.4) is 0 Å². The second-order valence-electron chi connectivity index (χ2n) is 10.6. The molecule has 1 amide bonds. The van der Waals surface area contributed by atoms with E-state index in [1.54, 1.807) is 24.3 Å². The van der Waals surface area contributed by atoms with Gasteiger partial charge in [-0.1, -0.05) is 48.9 Å². The second kappa shape index (κ2) is 13.6. The van der Waals surface area contributed by atoms with Crippen molar-refractivity contribution >= 4 is 26.8 Å². The van der Waals surface area contributed by atoms with Gasteiger partial charge in [0.2, 0.25) is 5.91 Å². The number of carbonyl (C=O) groups excluding carboxylic acids is 1. The maximum atomic E-state index is 12.5. The summed E-state index contributed by atoms with van der Waals surface area (Å²) in [5, 5.41) is 11.5. The van der Waals surface area contributed by atoms with Gasteiger partial charge >= 0.3 is 0 Å². The van der Waals surface area contributed by atoms with Crippen LogP contribution in [0.4, 0.5) is 0 Å². The quantitative estimate of drug-likeness (QED) is 0.235. The predicted octanol–water partition coefficient (Wildman–Crippen LogP) is 5.74. The number of nitrogens with zero attached hydrogens (tertiary/aromatic N) is 3. The number of carbonyl (C=O) groups is 1. The van der Waals surface area contributed by atoms with Crippen LogP contribution in [0, 0.1) is 27.7 Å². The van der Waals surface area contributed by atoms with Gasteiger partial charge in [-0.3, -0.25) is 14.3 Å². The number of aryl methyl sites for hydroxylation is 5. The van der Waals surface area contributed by atoms with Crippen LogP contribution in [0.2, 0.25) is 0 Å². The van der Waals surface area contributed by atoms with Crippen LogP contribution in [-0.2, 0) is 27.5 Å². The highest BCUT2D eigenvalue weighted by molar-refractivity contribution is 7.92. The number of aromatic nitrogens is 3. The number of hydrogen-bond acceptors (Lipinski definition) is 6. The molecule has 0 bridgehead atoms. The Bertz CT molecular complexity index is 1810. The molecule has 5 aromatic rings. The number of nitrogens with one attached hydrogen (secondary N) is 1. The number of phenols is 1. The fourth-order valence-electron chi connectivity index (χ4n) is 4.79. The molecule has 9 heteroatoms. The summed E-state index contributed by atoms with van der Waals surface area (Å²) in [7, 11) is -3.66. The number of phenolic OH excluding ortho intramolecular Hbond substituents is 1. The van der Waals surface area contributed by atoms with Gasteiger partial charge in [0, 0.05) is 24.3 Å². The van der Waals surface area contributed by atoms with E-state index in [1.165, 1.54) is 12.1 Å². The van der Waals surface area contributed by atoms with Gasteiger partial charge in [-0.2, -0.15) is 0 Å². The minimum absolute atomic E-state index is 0.161. The van der Waals surface area contributed by atoms with Crippen molar-refractivity contribution in [2.24, 2.45) is 0 Å².